The number of ether oxygens (including phenoxy) is 1. The molecule has 2 atom stereocenters. The smallest absolute Gasteiger partial charge is 0.335 e. The molecule has 0 aliphatic carbocycles. The van der Waals surface area contributed by atoms with Crippen LogP contribution in [0.15, 0.2) is 23.1 Å². The number of carboxylic acids is 1. The maximum atomic E-state index is 11.9. The van der Waals surface area contributed by atoms with Gasteiger partial charge in [0.1, 0.15) is 0 Å². The van der Waals surface area contributed by atoms with Gasteiger partial charge in [0, 0.05) is 19.3 Å². The highest BCUT2D eigenvalue weighted by molar-refractivity contribution is 7.90. The Morgan fingerprint density at radius 3 is 2.33 bits per heavy atom. The van der Waals surface area contributed by atoms with E-state index in [2.05, 4.69) is 0 Å². The van der Waals surface area contributed by atoms with Crippen molar-refractivity contribution in [2.24, 2.45) is 0 Å². The summed E-state index contributed by atoms with van der Waals surface area (Å²) >= 11 is 0. The molecule has 0 amide bonds. The van der Waals surface area contributed by atoms with Crippen molar-refractivity contribution in [1.82, 2.24) is 0 Å². The monoisotopic (exact) mass is 313 g/mol. The van der Waals surface area contributed by atoms with Gasteiger partial charge in [-0.1, -0.05) is 0 Å². The van der Waals surface area contributed by atoms with Crippen molar-refractivity contribution in [2.45, 2.75) is 31.0 Å². The Balaban J connectivity index is 2.53. The average Bonchev–Trinajstić information content (AvgIpc) is 2.35. The van der Waals surface area contributed by atoms with Gasteiger partial charge in [-0.2, -0.15) is 0 Å². The molecule has 0 radical (unpaired) electrons. The summed E-state index contributed by atoms with van der Waals surface area (Å²) < 4.78 is 29.5. The van der Waals surface area contributed by atoms with Crippen LogP contribution >= 0.6 is 0 Å². The summed E-state index contributed by atoms with van der Waals surface area (Å²) in [5.41, 5.74) is 0.503. The van der Waals surface area contributed by atoms with E-state index in [1.807, 2.05) is 18.7 Å². The summed E-state index contributed by atoms with van der Waals surface area (Å²) in [5, 5.41) is 9.11. The fraction of sp³-hybridized carbons (Fsp3) is 0.500. The van der Waals surface area contributed by atoms with Crippen molar-refractivity contribution >= 4 is 21.5 Å². The molecule has 1 aromatic carbocycles. The predicted molar refractivity (Wildman–Crippen MR) is 78.7 cm³/mol. The van der Waals surface area contributed by atoms with Crippen LogP contribution in [0.4, 0.5) is 5.69 Å². The molecule has 116 valence electrons. The number of nitrogens with zero attached hydrogens (tertiary/aromatic N) is 1. The molecular weight excluding hydrogens is 294 g/mol. The molecule has 1 aliphatic heterocycles. The van der Waals surface area contributed by atoms with E-state index in [0.717, 1.165) is 6.26 Å². The van der Waals surface area contributed by atoms with Gasteiger partial charge in [-0.05, 0) is 32.0 Å². The number of hydrogen-bond acceptors (Lipinski definition) is 5. The van der Waals surface area contributed by atoms with E-state index >= 15 is 0 Å². The van der Waals surface area contributed by atoms with E-state index in [0.29, 0.717) is 18.8 Å². The fourth-order valence-electron chi connectivity index (χ4n) is 2.59. The lowest BCUT2D eigenvalue weighted by Gasteiger charge is -2.37. The Bertz CT molecular complexity index is 645. The summed E-state index contributed by atoms with van der Waals surface area (Å²) in [7, 11) is -3.44. The number of morpholine rings is 1. The molecule has 1 N–H and O–H groups in total. The third-order valence-electron chi connectivity index (χ3n) is 3.37. The first-order valence-electron chi connectivity index (χ1n) is 6.66. The molecule has 6 nitrogen and oxygen atoms in total. The highest BCUT2D eigenvalue weighted by Gasteiger charge is 2.27. The van der Waals surface area contributed by atoms with E-state index in [9.17, 15) is 13.2 Å². The summed E-state index contributed by atoms with van der Waals surface area (Å²) in [4.78, 5) is 13.2. The molecule has 21 heavy (non-hydrogen) atoms. The number of carbonyl (C=O) groups is 1. The van der Waals surface area contributed by atoms with E-state index in [1.54, 1.807) is 0 Å². The summed E-state index contributed by atoms with van der Waals surface area (Å²) in [6.45, 7) is 4.86. The van der Waals surface area contributed by atoms with Crippen LogP contribution in [0.3, 0.4) is 0 Å². The normalized spacial score (nSPS) is 23.1. The second-order valence-corrected chi connectivity index (χ2v) is 7.41. The molecule has 0 unspecified atom stereocenters. The standard InChI is InChI=1S/C14H19NO5S/c1-9-7-15(8-10(2)20-9)12-6-11(14(16)17)4-5-13(12)21(3,18)19/h4-6,9-10H,7-8H2,1-3H3,(H,16,17)/t9-,10-/m1/s1. The zero-order valence-corrected chi connectivity index (χ0v) is 13.1. The lowest BCUT2D eigenvalue weighted by atomic mass is 10.1. The van der Waals surface area contributed by atoms with Crippen molar-refractivity contribution in [2.75, 3.05) is 24.2 Å². The van der Waals surface area contributed by atoms with Crippen molar-refractivity contribution in [1.29, 1.82) is 0 Å². The van der Waals surface area contributed by atoms with Crippen molar-refractivity contribution in [3.05, 3.63) is 23.8 Å². The van der Waals surface area contributed by atoms with Crippen molar-refractivity contribution in [3.63, 3.8) is 0 Å². The molecule has 2 rings (SSSR count). The summed E-state index contributed by atoms with van der Waals surface area (Å²) in [5.74, 6) is -1.08. The van der Waals surface area contributed by atoms with Crippen LogP contribution < -0.4 is 4.90 Å². The highest BCUT2D eigenvalue weighted by atomic mass is 32.2. The first-order chi connectivity index (χ1) is 9.68. The van der Waals surface area contributed by atoms with E-state index < -0.39 is 15.8 Å². The molecule has 1 aromatic rings. The zero-order valence-electron chi connectivity index (χ0n) is 12.2. The Kier molecular flexibility index (Phi) is 4.25. The van der Waals surface area contributed by atoms with Gasteiger partial charge in [0.2, 0.25) is 0 Å². The Labute approximate surface area is 124 Å². The minimum Gasteiger partial charge on any atom is -0.478 e. The second kappa shape index (κ2) is 5.65. The number of hydrogen-bond donors (Lipinski definition) is 1. The molecule has 1 heterocycles. The molecular formula is C14H19NO5S. The van der Waals surface area contributed by atoms with Gasteiger partial charge in [-0.25, -0.2) is 13.2 Å². The van der Waals surface area contributed by atoms with E-state index in [4.69, 9.17) is 9.84 Å². The third-order valence-corrected chi connectivity index (χ3v) is 4.51. The van der Waals surface area contributed by atoms with Crippen molar-refractivity contribution < 1.29 is 23.1 Å². The second-order valence-electron chi connectivity index (χ2n) is 5.42. The molecule has 0 saturated carbocycles. The number of rotatable bonds is 3. The lowest BCUT2D eigenvalue weighted by Crippen LogP contribution is -2.46. The minimum absolute atomic E-state index is 0.0466. The van der Waals surface area contributed by atoms with Gasteiger partial charge in [0.25, 0.3) is 0 Å². The third kappa shape index (κ3) is 3.54. The van der Waals surface area contributed by atoms with Gasteiger partial charge in [-0.3, -0.25) is 0 Å². The van der Waals surface area contributed by atoms with Crippen LogP contribution in [0.25, 0.3) is 0 Å². The van der Waals surface area contributed by atoms with Crippen LogP contribution in [0.5, 0.6) is 0 Å². The Hall–Kier alpha value is -1.60. The molecule has 1 fully saturated rings. The number of carboxylic acid groups (broad SMARTS) is 1. The van der Waals surface area contributed by atoms with Gasteiger partial charge >= 0.3 is 5.97 Å². The topological polar surface area (TPSA) is 83.9 Å². The van der Waals surface area contributed by atoms with Crippen LogP contribution in [0.1, 0.15) is 24.2 Å². The minimum atomic E-state index is -3.44. The number of anilines is 1. The van der Waals surface area contributed by atoms with Gasteiger partial charge in [0.15, 0.2) is 9.84 Å². The summed E-state index contributed by atoms with van der Waals surface area (Å²) in [6, 6.07) is 4.10. The van der Waals surface area contributed by atoms with Crippen LogP contribution in [-0.2, 0) is 14.6 Å². The van der Waals surface area contributed by atoms with Crippen LogP contribution in [0, 0.1) is 0 Å². The lowest BCUT2D eigenvalue weighted by molar-refractivity contribution is -0.00537. The largest absolute Gasteiger partial charge is 0.478 e. The van der Waals surface area contributed by atoms with Gasteiger partial charge in [0.05, 0.1) is 28.4 Å². The highest BCUT2D eigenvalue weighted by Crippen LogP contribution is 2.29. The Morgan fingerprint density at radius 2 is 1.86 bits per heavy atom. The molecule has 0 spiro atoms. The molecule has 0 bridgehead atoms. The first-order valence-corrected chi connectivity index (χ1v) is 8.55. The molecule has 1 aliphatic rings. The molecule has 1 saturated heterocycles. The zero-order chi connectivity index (χ0) is 15.8. The first kappa shape index (κ1) is 15.8. The Morgan fingerprint density at radius 1 is 1.29 bits per heavy atom. The number of sulfone groups is 1. The SMILES string of the molecule is C[C@@H]1CN(c2cc(C(=O)O)ccc2S(C)(=O)=O)C[C@@H](C)O1. The molecule has 7 heteroatoms. The average molecular weight is 313 g/mol. The predicted octanol–water partition coefficient (Wildman–Crippen LogP) is 1.40. The van der Waals surface area contributed by atoms with Crippen molar-refractivity contribution in [3.8, 4) is 0 Å². The fourth-order valence-corrected chi connectivity index (χ4v) is 3.47. The molecule has 0 aromatic heterocycles. The summed E-state index contributed by atoms with van der Waals surface area (Å²) in [6.07, 6.45) is 1.03. The maximum Gasteiger partial charge on any atom is 0.335 e. The van der Waals surface area contributed by atoms with Gasteiger partial charge in [-0.15, -0.1) is 0 Å². The number of benzene rings is 1. The van der Waals surface area contributed by atoms with Crippen LogP contribution in [0.2, 0.25) is 0 Å². The van der Waals surface area contributed by atoms with E-state index in [-0.39, 0.29) is 22.7 Å². The van der Waals surface area contributed by atoms with E-state index in [1.165, 1.54) is 18.2 Å². The van der Waals surface area contributed by atoms with Crippen LogP contribution in [-0.4, -0.2) is 51.0 Å². The number of aromatic carboxylic acids is 1. The maximum absolute atomic E-state index is 11.9. The van der Waals surface area contributed by atoms with Gasteiger partial charge < -0.3 is 14.7 Å². The quantitative estimate of drug-likeness (QED) is 0.908.